The van der Waals surface area contributed by atoms with Crippen LogP contribution in [-0.2, 0) is 9.53 Å². The first-order chi connectivity index (χ1) is 10.6. The molecule has 1 heterocycles. The normalized spacial score (nSPS) is 22.1. The Morgan fingerprint density at radius 1 is 1.09 bits per heavy atom. The third-order valence-corrected chi connectivity index (χ3v) is 4.23. The lowest BCUT2D eigenvalue weighted by molar-refractivity contribution is -0.131. The van der Waals surface area contributed by atoms with E-state index in [1.165, 1.54) is 18.9 Å². The fraction of sp³-hybridized carbons (Fsp3) is 0.833. The Labute approximate surface area is 134 Å². The van der Waals surface area contributed by atoms with Crippen molar-refractivity contribution in [1.82, 2.24) is 0 Å². The molecule has 1 saturated heterocycles. The minimum atomic E-state index is -0.869. The molecule has 0 spiro atoms. The molecule has 1 fully saturated rings. The smallest absolute Gasteiger partial charge is 0.327 e. The van der Waals surface area contributed by atoms with Crippen molar-refractivity contribution in [1.29, 1.82) is 0 Å². The molecule has 4 nitrogen and oxygen atoms in total. The van der Waals surface area contributed by atoms with E-state index in [9.17, 15) is 9.90 Å². The van der Waals surface area contributed by atoms with Crippen molar-refractivity contribution in [2.75, 3.05) is 0 Å². The van der Waals surface area contributed by atoms with Gasteiger partial charge in [-0.3, -0.25) is 0 Å². The van der Waals surface area contributed by atoms with Gasteiger partial charge >= 0.3 is 5.97 Å². The van der Waals surface area contributed by atoms with Gasteiger partial charge in [-0.05, 0) is 38.5 Å². The second-order valence-corrected chi connectivity index (χ2v) is 6.32. The maximum atomic E-state index is 10.3. The highest BCUT2D eigenvalue weighted by Gasteiger charge is 2.37. The van der Waals surface area contributed by atoms with Crippen molar-refractivity contribution in [3.05, 3.63) is 12.2 Å². The summed E-state index contributed by atoms with van der Waals surface area (Å²) in [6, 6.07) is 0. The molecule has 1 rings (SSSR count). The van der Waals surface area contributed by atoms with Gasteiger partial charge in [-0.25, -0.2) is 4.79 Å². The summed E-state index contributed by atoms with van der Waals surface area (Å²) in [4.78, 5) is 10.3. The summed E-state index contributed by atoms with van der Waals surface area (Å²) in [5, 5.41) is 18.3. The topological polar surface area (TPSA) is 70.1 Å². The number of aliphatic carboxylic acids is 1. The molecule has 1 aliphatic rings. The van der Waals surface area contributed by atoms with Crippen LogP contribution in [0.2, 0.25) is 0 Å². The maximum absolute atomic E-state index is 10.3. The molecule has 22 heavy (non-hydrogen) atoms. The number of carboxylic acids is 1. The minimum absolute atomic E-state index is 0.155. The molecule has 0 aromatic heterocycles. The molecule has 3 atom stereocenters. The minimum Gasteiger partial charge on any atom is -0.478 e. The van der Waals surface area contributed by atoms with E-state index in [0.717, 1.165) is 57.8 Å². The Morgan fingerprint density at radius 2 is 1.86 bits per heavy atom. The van der Waals surface area contributed by atoms with E-state index in [1.807, 2.05) is 0 Å². The van der Waals surface area contributed by atoms with Crippen LogP contribution in [0.25, 0.3) is 0 Å². The number of ether oxygens (including phenoxy) is 1. The van der Waals surface area contributed by atoms with Gasteiger partial charge in [0, 0.05) is 6.08 Å². The zero-order valence-corrected chi connectivity index (χ0v) is 13.9. The predicted molar refractivity (Wildman–Crippen MR) is 87.9 cm³/mol. The summed E-state index contributed by atoms with van der Waals surface area (Å²) in [7, 11) is 0. The monoisotopic (exact) mass is 312 g/mol. The van der Waals surface area contributed by atoms with E-state index >= 15 is 0 Å². The van der Waals surface area contributed by atoms with Gasteiger partial charge in [-0.1, -0.05) is 45.1 Å². The molecule has 128 valence electrons. The number of hydrogen-bond acceptors (Lipinski definition) is 3. The highest BCUT2D eigenvalue weighted by molar-refractivity contribution is 5.79. The fourth-order valence-electron chi connectivity index (χ4n) is 2.79. The van der Waals surface area contributed by atoms with Crippen LogP contribution in [0.15, 0.2) is 12.2 Å². The zero-order chi connectivity index (χ0) is 16.2. The Kier molecular flexibility index (Phi) is 10.2. The highest BCUT2D eigenvalue weighted by Crippen LogP contribution is 2.31. The van der Waals surface area contributed by atoms with Gasteiger partial charge < -0.3 is 14.9 Å². The average molecular weight is 312 g/mol. The van der Waals surface area contributed by atoms with Gasteiger partial charge in [-0.15, -0.1) is 0 Å². The van der Waals surface area contributed by atoms with E-state index in [1.54, 1.807) is 6.08 Å². The van der Waals surface area contributed by atoms with E-state index in [4.69, 9.17) is 9.84 Å². The first-order valence-corrected chi connectivity index (χ1v) is 8.86. The Bertz CT molecular complexity index is 327. The largest absolute Gasteiger partial charge is 0.478 e. The van der Waals surface area contributed by atoms with Crippen molar-refractivity contribution in [3.8, 4) is 0 Å². The van der Waals surface area contributed by atoms with Crippen LogP contribution in [0.3, 0.4) is 0 Å². The number of carbonyl (C=O) groups is 1. The van der Waals surface area contributed by atoms with Gasteiger partial charge in [0.1, 0.15) is 0 Å². The summed E-state index contributed by atoms with van der Waals surface area (Å²) in [5.41, 5.74) is 0. The van der Waals surface area contributed by atoms with Crippen LogP contribution >= 0.6 is 0 Å². The predicted octanol–water partition coefficient (Wildman–Crippen LogP) is 4.07. The number of carboxylic acid groups (broad SMARTS) is 1. The zero-order valence-electron chi connectivity index (χ0n) is 13.9. The molecule has 4 heteroatoms. The number of unbranched alkanes of at least 4 members (excludes halogenated alkanes) is 5. The number of hydrogen-bond donors (Lipinski definition) is 2. The first-order valence-electron chi connectivity index (χ1n) is 8.86. The summed E-state index contributed by atoms with van der Waals surface area (Å²) in [6.07, 6.45) is 15.1. The van der Waals surface area contributed by atoms with Crippen LogP contribution in [0, 0.1) is 0 Å². The summed E-state index contributed by atoms with van der Waals surface area (Å²) < 4.78 is 5.65. The Morgan fingerprint density at radius 3 is 2.59 bits per heavy atom. The second-order valence-electron chi connectivity index (χ2n) is 6.32. The lowest BCUT2D eigenvalue weighted by atomic mass is 10.0. The molecule has 3 unspecified atom stereocenters. The van der Waals surface area contributed by atoms with E-state index < -0.39 is 5.97 Å². The van der Waals surface area contributed by atoms with Gasteiger partial charge in [0.15, 0.2) is 0 Å². The average Bonchev–Trinajstić information content (AvgIpc) is 3.22. The van der Waals surface area contributed by atoms with E-state index in [-0.39, 0.29) is 6.10 Å². The number of allylic oxidation sites excluding steroid dienone is 1. The molecule has 0 bridgehead atoms. The van der Waals surface area contributed by atoms with Crippen molar-refractivity contribution >= 4 is 5.97 Å². The van der Waals surface area contributed by atoms with Gasteiger partial charge in [0.05, 0.1) is 18.3 Å². The molecular weight excluding hydrogens is 280 g/mol. The molecule has 0 aliphatic carbocycles. The molecule has 0 aromatic carbocycles. The quantitative estimate of drug-likeness (QED) is 0.288. The number of aliphatic hydroxyl groups excluding tert-OH is 1. The van der Waals surface area contributed by atoms with Gasteiger partial charge in [0.2, 0.25) is 0 Å². The first kappa shape index (κ1) is 19.2. The van der Waals surface area contributed by atoms with Gasteiger partial charge in [0.25, 0.3) is 0 Å². The van der Waals surface area contributed by atoms with E-state index in [2.05, 4.69) is 6.92 Å². The molecule has 0 amide bonds. The summed E-state index contributed by atoms with van der Waals surface area (Å²) >= 11 is 0. The molecule has 0 aromatic rings. The van der Waals surface area contributed by atoms with Crippen molar-refractivity contribution in [3.63, 3.8) is 0 Å². The summed E-state index contributed by atoms with van der Waals surface area (Å²) in [5.74, 6) is -0.869. The van der Waals surface area contributed by atoms with Crippen LogP contribution in [-0.4, -0.2) is 34.5 Å². The fourth-order valence-corrected chi connectivity index (χ4v) is 2.79. The molecule has 1 aliphatic heterocycles. The lowest BCUT2D eigenvalue weighted by Crippen LogP contribution is -2.08. The van der Waals surface area contributed by atoms with Crippen molar-refractivity contribution in [2.24, 2.45) is 0 Å². The Hall–Kier alpha value is -0.870. The molecule has 0 saturated carbocycles. The molecule has 2 N–H and O–H groups in total. The number of epoxide rings is 1. The molecule has 0 radical (unpaired) electrons. The maximum Gasteiger partial charge on any atom is 0.327 e. The van der Waals surface area contributed by atoms with Crippen molar-refractivity contribution < 1.29 is 19.7 Å². The number of aliphatic hydroxyl groups is 1. The number of rotatable bonds is 14. The SMILES string of the molecule is CCCCCC(O)CCC1OC1CCCCCC=CC(=O)O. The molecular formula is C18H32O4. The summed E-state index contributed by atoms with van der Waals surface area (Å²) in [6.45, 7) is 2.18. The second kappa shape index (κ2) is 11.7. The Balaban J connectivity index is 1.89. The lowest BCUT2D eigenvalue weighted by Gasteiger charge is -2.08. The third kappa shape index (κ3) is 9.96. The van der Waals surface area contributed by atoms with Crippen molar-refractivity contribution in [2.45, 2.75) is 95.9 Å². The van der Waals surface area contributed by atoms with Crippen LogP contribution in [0.5, 0.6) is 0 Å². The van der Waals surface area contributed by atoms with Crippen LogP contribution < -0.4 is 0 Å². The van der Waals surface area contributed by atoms with Crippen LogP contribution in [0.1, 0.15) is 77.6 Å². The standard InChI is InChI=1S/C18H32O4/c1-2-3-7-10-15(19)13-14-17-16(22-17)11-8-5-4-6-9-12-18(20)21/h9,12,15-17,19H,2-8,10-11,13-14H2,1H3,(H,20,21). The van der Waals surface area contributed by atoms with E-state index in [0.29, 0.717) is 12.2 Å². The highest BCUT2D eigenvalue weighted by atomic mass is 16.6. The van der Waals surface area contributed by atoms with Crippen LogP contribution in [0.4, 0.5) is 0 Å². The van der Waals surface area contributed by atoms with Gasteiger partial charge in [-0.2, -0.15) is 0 Å². The third-order valence-electron chi connectivity index (χ3n) is 4.23.